The molecule has 114 valence electrons. The van der Waals surface area contributed by atoms with Crippen LogP contribution in [0.15, 0.2) is 18.2 Å². The highest BCUT2D eigenvalue weighted by Crippen LogP contribution is 2.31. The molecule has 2 aromatic rings. The van der Waals surface area contributed by atoms with Crippen molar-refractivity contribution in [2.45, 2.75) is 32.9 Å². The van der Waals surface area contributed by atoms with Crippen LogP contribution in [0.3, 0.4) is 0 Å². The quantitative estimate of drug-likeness (QED) is 0.909. The van der Waals surface area contributed by atoms with Crippen LogP contribution >= 0.6 is 23.2 Å². The summed E-state index contributed by atoms with van der Waals surface area (Å²) >= 11 is 12.3. The zero-order chi connectivity index (χ0) is 15.6. The first-order chi connectivity index (χ1) is 9.97. The van der Waals surface area contributed by atoms with Gasteiger partial charge in [-0.25, -0.2) is 0 Å². The second kappa shape index (κ2) is 6.69. The van der Waals surface area contributed by atoms with E-state index in [0.717, 1.165) is 23.5 Å². The molecule has 0 radical (unpaired) electrons. The lowest BCUT2D eigenvalue weighted by Crippen LogP contribution is -2.17. The topological polar surface area (TPSA) is 53.1 Å². The van der Waals surface area contributed by atoms with Gasteiger partial charge in [-0.1, -0.05) is 29.3 Å². The zero-order valence-corrected chi connectivity index (χ0v) is 13.9. The average molecular weight is 328 g/mol. The van der Waals surface area contributed by atoms with Gasteiger partial charge < -0.3 is 10.5 Å². The highest BCUT2D eigenvalue weighted by atomic mass is 35.5. The molecule has 21 heavy (non-hydrogen) atoms. The first-order valence-electron chi connectivity index (χ1n) is 6.78. The summed E-state index contributed by atoms with van der Waals surface area (Å²) in [7, 11) is 1.61. The van der Waals surface area contributed by atoms with E-state index in [0.29, 0.717) is 22.2 Å². The Morgan fingerprint density at radius 3 is 2.71 bits per heavy atom. The average Bonchev–Trinajstić information content (AvgIpc) is 2.74. The number of methoxy groups -OCH3 is 1. The molecule has 0 aliphatic carbocycles. The van der Waals surface area contributed by atoms with Crippen LogP contribution < -0.4 is 10.5 Å². The van der Waals surface area contributed by atoms with Gasteiger partial charge in [0.15, 0.2) is 0 Å². The predicted molar refractivity (Wildman–Crippen MR) is 86.3 cm³/mol. The van der Waals surface area contributed by atoms with Crippen molar-refractivity contribution in [1.82, 2.24) is 9.78 Å². The molecule has 6 heteroatoms. The maximum atomic E-state index is 6.33. The summed E-state index contributed by atoms with van der Waals surface area (Å²) in [5.41, 5.74) is 9.00. The predicted octanol–water partition coefficient (Wildman–Crippen LogP) is 3.77. The van der Waals surface area contributed by atoms with E-state index in [1.54, 1.807) is 13.2 Å². The molecule has 0 saturated heterocycles. The maximum Gasteiger partial charge on any atom is 0.125 e. The van der Waals surface area contributed by atoms with Crippen LogP contribution in [-0.4, -0.2) is 16.9 Å². The number of aromatic nitrogens is 2. The first kappa shape index (κ1) is 16.1. The molecule has 0 saturated carbocycles. The number of aryl methyl sites for hydroxylation is 2. The van der Waals surface area contributed by atoms with Crippen LogP contribution in [0.4, 0.5) is 0 Å². The molecule has 1 aromatic carbocycles. The van der Waals surface area contributed by atoms with Gasteiger partial charge in [-0.3, -0.25) is 4.68 Å². The second-order valence-corrected chi connectivity index (χ2v) is 5.67. The molecule has 0 aliphatic heterocycles. The fraction of sp³-hybridized carbons (Fsp3) is 0.400. The van der Waals surface area contributed by atoms with Crippen molar-refractivity contribution in [2.24, 2.45) is 5.73 Å². The highest BCUT2D eigenvalue weighted by Gasteiger charge is 2.19. The molecule has 1 atom stereocenters. The van der Waals surface area contributed by atoms with Crippen molar-refractivity contribution < 1.29 is 4.74 Å². The van der Waals surface area contributed by atoms with E-state index in [1.165, 1.54) is 0 Å². The molecule has 1 heterocycles. The Morgan fingerprint density at radius 1 is 1.38 bits per heavy atom. The molecule has 0 bridgehead atoms. The van der Waals surface area contributed by atoms with Crippen LogP contribution in [0, 0.1) is 6.92 Å². The Hall–Kier alpha value is -1.23. The molecule has 0 aliphatic rings. The maximum absolute atomic E-state index is 6.33. The molecule has 1 unspecified atom stereocenters. The van der Waals surface area contributed by atoms with Gasteiger partial charge >= 0.3 is 0 Å². The molecule has 1 aromatic heterocycles. The first-order valence-corrected chi connectivity index (χ1v) is 7.54. The largest absolute Gasteiger partial charge is 0.496 e. The molecular formula is C15H19Cl2N3O. The fourth-order valence-electron chi connectivity index (χ4n) is 2.37. The molecule has 0 fully saturated rings. The lowest BCUT2D eigenvalue weighted by Gasteiger charge is -2.17. The molecule has 2 rings (SSSR count). The lowest BCUT2D eigenvalue weighted by molar-refractivity contribution is 0.405. The molecule has 0 spiro atoms. The van der Waals surface area contributed by atoms with Crippen LogP contribution in [-0.2, 0) is 13.0 Å². The Kier molecular flexibility index (Phi) is 5.14. The molecule has 2 N–H and O–H groups in total. The zero-order valence-electron chi connectivity index (χ0n) is 12.4. The van der Waals surface area contributed by atoms with Gasteiger partial charge in [0.25, 0.3) is 0 Å². The third-order valence-corrected chi connectivity index (χ3v) is 4.19. The summed E-state index contributed by atoms with van der Waals surface area (Å²) in [4.78, 5) is 0. The van der Waals surface area contributed by atoms with E-state index < -0.39 is 0 Å². The summed E-state index contributed by atoms with van der Waals surface area (Å²) in [5, 5.41) is 5.71. The number of nitrogens with zero attached hydrogens (tertiary/aromatic N) is 2. The Bertz CT molecular complexity index is 640. The smallest absolute Gasteiger partial charge is 0.125 e. The minimum atomic E-state index is -0.240. The van der Waals surface area contributed by atoms with E-state index in [4.69, 9.17) is 33.7 Å². The molecule has 4 nitrogen and oxygen atoms in total. The van der Waals surface area contributed by atoms with Gasteiger partial charge in [-0.2, -0.15) is 5.10 Å². The number of halogens is 2. The summed E-state index contributed by atoms with van der Waals surface area (Å²) in [6, 6.07) is 5.22. The van der Waals surface area contributed by atoms with E-state index >= 15 is 0 Å². The van der Waals surface area contributed by atoms with Gasteiger partial charge in [0.05, 0.1) is 23.5 Å². The summed E-state index contributed by atoms with van der Waals surface area (Å²) in [6.45, 7) is 4.68. The Labute approximate surface area is 134 Å². The second-order valence-electron chi connectivity index (χ2n) is 4.86. The minimum Gasteiger partial charge on any atom is -0.496 e. The van der Waals surface area contributed by atoms with Crippen LogP contribution in [0.5, 0.6) is 5.75 Å². The Morgan fingerprint density at radius 2 is 2.10 bits per heavy atom. The molecule has 0 amide bonds. The van der Waals surface area contributed by atoms with Crippen molar-refractivity contribution in [1.29, 1.82) is 0 Å². The van der Waals surface area contributed by atoms with Crippen LogP contribution in [0.25, 0.3) is 0 Å². The van der Waals surface area contributed by atoms with Crippen LogP contribution in [0.2, 0.25) is 10.0 Å². The third-order valence-electron chi connectivity index (χ3n) is 3.46. The van der Waals surface area contributed by atoms with Gasteiger partial charge in [-0.15, -0.1) is 0 Å². The van der Waals surface area contributed by atoms with Gasteiger partial charge in [0.2, 0.25) is 0 Å². The van der Waals surface area contributed by atoms with Gasteiger partial charge in [-0.05, 0) is 26.0 Å². The number of rotatable bonds is 5. The normalized spacial score (nSPS) is 12.5. The number of benzene rings is 1. The van der Waals surface area contributed by atoms with E-state index in [2.05, 4.69) is 5.10 Å². The monoisotopic (exact) mass is 327 g/mol. The van der Waals surface area contributed by atoms with Crippen molar-refractivity contribution in [2.75, 3.05) is 7.11 Å². The minimum absolute atomic E-state index is 0.240. The standard InChI is InChI=1S/C15H19Cl2N3O/c1-4-20-13(15(17)9(2)19-20)8-12(18)11-6-5-10(16)7-14(11)21-3/h5-7,12H,4,8,18H2,1-3H3. The Balaban J connectivity index is 2.32. The number of ether oxygens (including phenoxy) is 1. The fourth-order valence-corrected chi connectivity index (χ4v) is 2.75. The molecular weight excluding hydrogens is 309 g/mol. The number of hydrogen-bond acceptors (Lipinski definition) is 3. The summed E-state index contributed by atoms with van der Waals surface area (Å²) < 4.78 is 7.25. The SMILES string of the molecule is CCn1nc(C)c(Cl)c1CC(N)c1ccc(Cl)cc1OC. The van der Waals surface area contributed by atoms with E-state index in [-0.39, 0.29) is 6.04 Å². The van der Waals surface area contributed by atoms with Crippen molar-refractivity contribution in [3.8, 4) is 5.75 Å². The van der Waals surface area contributed by atoms with E-state index in [1.807, 2.05) is 30.7 Å². The van der Waals surface area contributed by atoms with Crippen molar-refractivity contribution in [3.05, 3.63) is 45.2 Å². The van der Waals surface area contributed by atoms with Gasteiger partial charge in [0.1, 0.15) is 5.75 Å². The van der Waals surface area contributed by atoms with Crippen molar-refractivity contribution in [3.63, 3.8) is 0 Å². The van der Waals surface area contributed by atoms with Crippen molar-refractivity contribution >= 4 is 23.2 Å². The van der Waals surface area contributed by atoms with Crippen LogP contribution in [0.1, 0.15) is 29.9 Å². The lowest BCUT2D eigenvalue weighted by atomic mass is 10.0. The summed E-state index contributed by atoms with van der Waals surface area (Å²) in [5.74, 6) is 0.686. The number of hydrogen-bond donors (Lipinski definition) is 1. The summed E-state index contributed by atoms with van der Waals surface area (Å²) in [6.07, 6.45) is 0.589. The van der Waals surface area contributed by atoms with E-state index in [9.17, 15) is 0 Å². The van der Waals surface area contributed by atoms with Gasteiger partial charge in [0, 0.05) is 29.6 Å². The third kappa shape index (κ3) is 3.34. The highest BCUT2D eigenvalue weighted by molar-refractivity contribution is 6.32. The number of nitrogens with two attached hydrogens (primary N) is 1.